The third kappa shape index (κ3) is 5.61. The van der Waals surface area contributed by atoms with E-state index < -0.39 is 5.97 Å². The van der Waals surface area contributed by atoms with Crippen LogP contribution in [0.2, 0.25) is 0 Å². The number of amides is 1. The fourth-order valence-corrected chi connectivity index (χ4v) is 1.90. The van der Waals surface area contributed by atoms with Gasteiger partial charge in [-0.05, 0) is 42.8 Å². The van der Waals surface area contributed by atoms with Gasteiger partial charge in [0, 0.05) is 11.8 Å². The molecule has 24 heavy (non-hydrogen) atoms. The smallest absolute Gasteiger partial charge is 0.331 e. The lowest BCUT2D eigenvalue weighted by Crippen LogP contribution is -2.20. The minimum Gasteiger partial charge on any atom is -0.497 e. The van der Waals surface area contributed by atoms with Gasteiger partial charge in [0.15, 0.2) is 6.61 Å². The molecule has 0 aliphatic heterocycles. The van der Waals surface area contributed by atoms with Crippen molar-refractivity contribution < 1.29 is 19.1 Å². The number of ether oxygens (including phenoxy) is 2. The first kappa shape index (κ1) is 17.3. The molecule has 5 nitrogen and oxygen atoms in total. The number of nitrogens with one attached hydrogen (secondary N) is 1. The number of esters is 1. The van der Waals surface area contributed by atoms with E-state index in [2.05, 4.69) is 5.32 Å². The van der Waals surface area contributed by atoms with Gasteiger partial charge in [-0.3, -0.25) is 4.79 Å². The summed E-state index contributed by atoms with van der Waals surface area (Å²) in [4.78, 5) is 23.3. The van der Waals surface area contributed by atoms with Gasteiger partial charge in [-0.25, -0.2) is 4.79 Å². The van der Waals surface area contributed by atoms with Crippen LogP contribution < -0.4 is 10.1 Å². The number of benzene rings is 2. The molecule has 124 valence electrons. The quantitative estimate of drug-likeness (QED) is 0.654. The minimum absolute atomic E-state index is 0.334. The average Bonchev–Trinajstić information content (AvgIpc) is 2.60. The molecule has 0 spiro atoms. The molecule has 0 aliphatic rings. The van der Waals surface area contributed by atoms with Gasteiger partial charge in [-0.1, -0.05) is 29.8 Å². The Morgan fingerprint density at radius 2 is 1.71 bits per heavy atom. The minimum atomic E-state index is -0.579. The molecular formula is C19H19NO4. The fourth-order valence-electron chi connectivity index (χ4n) is 1.90. The van der Waals surface area contributed by atoms with Gasteiger partial charge in [-0.15, -0.1) is 0 Å². The molecule has 5 heteroatoms. The van der Waals surface area contributed by atoms with Gasteiger partial charge in [0.25, 0.3) is 5.91 Å². The van der Waals surface area contributed by atoms with Gasteiger partial charge in [-0.2, -0.15) is 0 Å². The van der Waals surface area contributed by atoms with Crippen molar-refractivity contribution in [3.63, 3.8) is 0 Å². The molecule has 0 unspecified atom stereocenters. The second kappa shape index (κ2) is 8.53. The lowest BCUT2D eigenvalue weighted by atomic mass is 10.2. The van der Waals surface area contributed by atoms with Gasteiger partial charge in [0.05, 0.1) is 7.11 Å². The molecule has 1 N–H and O–H groups in total. The summed E-state index contributed by atoms with van der Waals surface area (Å²) in [5, 5.41) is 2.66. The fraction of sp³-hybridized carbons (Fsp3) is 0.158. The van der Waals surface area contributed by atoms with Crippen molar-refractivity contribution >= 4 is 23.6 Å². The van der Waals surface area contributed by atoms with Crippen molar-refractivity contribution in [3.05, 3.63) is 65.7 Å². The predicted molar refractivity (Wildman–Crippen MR) is 92.8 cm³/mol. The zero-order valence-electron chi connectivity index (χ0n) is 13.6. The highest BCUT2D eigenvalue weighted by atomic mass is 16.5. The summed E-state index contributed by atoms with van der Waals surface area (Å²) < 4.78 is 9.96. The lowest BCUT2D eigenvalue weighted by Gasteiger charge is -2.05. The van der Waals surface area contributed by atoms with E-state index in [0.29, 0.717) is 5.69 Å². The van der Waals surface area contributed by atoms with E-state index in [9.17, 15) is 9.59 Å². The van der Waals surface area contributed by atoms with Crippen LogP contribution in [0, 0.1) is 6.92 Å². The monoisotopic (exact) mass is 325 g/mol. The van der Waals surface area contributed by atoms with E-state index in [1.54, 1.807) is 37.5 Å². The number of carbonyl (C=O) groups excluding carboxylic acids is 2. The number of rotatable bonds is 6. The van der Waals surface area contributed by atoms with E-state index in [4.69, 9.17) is 9.47 Å². The van der Waals surface area contributed by atoms with Crippen LogP contribution in [0.25, 0.3) is 6.08 Å². The van der Waals surface area contributed by atoms with Crippen LogP contribution in [0.15, 0.2) is 54.6 Å². The average molecular weight is 325 g/mol. The van der Waals surface area contributed by atoms with Crippen molar-refractivity contribution in [2.45, 2.75) is 6.92 Å². The van der Waals surface area contributed by atoms with Crippen molar-refractivity contribution in [1.82, 2.24) is 0 Å². The molecule has 0 heterocycles. The summed E-state index contributed by atoms with van der Waals surface area (Å²) in [6, 6.07) is 14.6. The van der Waals surface area contributed by atoms with Crippen LogP contribution in [0.3, 0.4) is 0 Å². The van der Waals surface area contributed by atoms with Crippen LogP contribution in [0.4, 0.5) is 5.69 Å². The molecule has 0 radical (unpaired) electrons. The van der Waals surface area contributed by atoms with Crippen LogP contribution >= 0.6 is 0 Å². The third-order valence-electron chi connectivity index (χ3n) is 3.21. The molecule has 0 aliphatic carbocycles. The highest BCUT2D eigenvalue weighted by molar-refractivity contribution is 5.94. The second-order valence-electron chi connectivity index (χ2n) is 5.13. The van der Waals surface area contributed by atoms with Gasteiger partial charge in [0.2, 0.25) is 0 Å². The first-order chi connectivity index (χ1) is 11.6. The summed E-state index contributed by atoms with van der Waals surface area (Å²) in [5.74, 6) is -0.225. The number of hydrogen-bond donors (Lipinski definition) is 1. The lowest BCUT2D eigenvalue weighted by molar-refractivity contribution is -0.142. The zero-order chi connectivity index (χ0) is 17.4. The predicted octanol–water partition coefficient (Wildman–Crippen LogP) is 3.20. The number of carbonyl (C=O) groups is 2. The maximum absolute atomic E-state index is 11.7. The number of methoxy groups -OCH3 is 1. The normalized spacial score (nSPS) is 10.4. The molecule has 2 aromatic rings. The Bertz CT molecular complexity index is 718. The topological polar surface area (TPSA) is 64.6 Å². The number of hydrogen-bond acceptors (Lipinski definition) is 4. The highest BCUT2D eigenvalue weighted by Gasteiger charge is 2.05. The van der Waals surface area contributed by atoms with Crippen molar-refractivity contribution in [2.75, 3.05) is 19.0 Å². The first-order valence-electron chi connectivity index (χ1n) is 7.42. The Labute approximate surface area is 140 Å². The van der Waals surface area contributed by atoms with E-state index in [-0.39, 0.29) is 12.5 Å². The van der Waals surface area contributed by atoms with E-state index in [0.717, 1.165) is 16.9 Å². The number of anilines is 1. The largest absolute Gasteiger partial charge is 0.497 e. The van der Waals surface area contributed by atoms with E-state index in [1.165, 1.54) is 6.08 Å². The van der Waals surface area contributed by atoms with Gasteiger partial charge >= 0.3 is 5.97 Å². The Balaban J connectivity index is 1.78. The zero-order valence-corrected chi connectivity index (χ0v) is 13.6. The molecule has 0 atom stereocenters. The van der Waals surface area contributed by atoms with Crippen LogP contribution in [0.1, 0.15) is 11.1 Å². The molecule has 0 aromatic heterocycles. The molecule has 0 saturated carbocycles. The second-order valence-corrected chi connectivity index (χ2v) is 5.13. The summed E-state index contributed by atoms with van der Waals surface area (Å²) in [6.07, 6.45) is 2.89. The molecule has 2 rings (SSSR count). The molecule has 0 bridgehead atoms. The maximum Gasteiger partial charge on any atom is 0.331 e. The Kier molecular flexibility index (Phi) is 6.14. The van der Waals surface area contributed by atoms with Crippen LogP contribution in [-0.2, 0) is 14.3 Å². The van der Waals surface area contributed by atoms with Crippen molar-refractivity contribution in [3.8, 4) is 5.75 Å². The summed E-state index contributed by atoms with van der Waals surface area (Å²) in [5.41, 5.74) is 2.59. The van der Waals surface area contributed by atoms with Crippen molar-refractivity contribution in [2.24, 2.45) is 0 Å². The van der Waals surface area contributed by atoms with Crippen LogP contribution in [0.5, 0.6) is 5.75 Å². The molecule has 2 aromatic carbocycles. The standard InChI is InChI=1S/C19H19NO4/c1-14-3-8-16(9-4-14)20-18(21)13-24-19(22)12-7-15-5-10-17(23-2)11-6-15/h3-12H,13H2,1-2H3,(H,20,21)/b12-7+. The highest BCUT2D eigenvalue weighted by Crippen LogP contribution is 2.12. The Hall–Kier alpha value is -3.08. The molecular weight excluding hydrogens is 306 g/mol. The first-order valence-corrected chi connectivity index (χ1v) is 7.42. The summed E-state index contributed by atoms with van der Waals surface area (Å²) in [7, 11) is 1.59. The van der Waals surface area contributed by atoms with E-state index in [1.807, 2.05) is 31.2 Å². The van der Waals surface area contributed by atoms with Gasteiger partial charge < -0.3 is 14.8 Å². The third-order valence-corrected chi connectivity index (χ3v) is 3.21. The van der Waals surface area contributed by atoms with Crippen molar-refractivity contribution in [1.29, 1.82) is 0 Å². The Morgan fingerprint density at radius 3 is 2.33 bits per heavy atom. The molecule has 0 saturated heterocycles. The Morgan fingerprint density at radius 1 is 1.04 bits per heavy atom. The van der Waals surface area contributed by atoms with Crippen LogP contribution in [-0.4, -0.2) is 25.6 Å². The molecule has 1 amide bonds. The summed E-state index contributed by atoms with van der Waals surface area (Å²) in [6.45, 7) is 1.63. The summed E-state index contributed by atoms with van der Waals surface area (Å²) >= 11 is 0. The number of aryl methyl sites for hydroxylation is 1. The maximum atomic E-state index is 11.7. The van der Waals surface area contributed by atoms with E-state index >= 15 is 0 Å². The SMILES string of the molecule is COc1ccc(/C=C/C(=O)OCC(=O)Nc2ccc(C)cc2)cc1. The molecule has 0 fully saturated rings. The van der Waals surface area contributed by atoms with Gasteiger partial charge in [0.1, 0.15) is 5.75 Å².